The van der Waals surface area contributed by atoms with Gasteiger partial charge in [0.15, 0.2) is 0 Å². The fraction of sp³-hybridized carbons (Fsp3) is 0.111. The van der Waals surface area contributed by atoms with E-state index in [-0.39, 0.29) is 16.5 Å². The van der Waals surface area contributed by atoms with Crippen LogP contribution in [0.25, 0.3) is 0 Å². The molecule has 0 saturated carbocycles. The predicted octanol–water partition coefficient (Wildman–Crippen LogP) is 4.32. The van der Waals surface area contributed by atoms with Crippen LogP contribution in [0.5, 0.6) is 0 Å². The number of hydrogen-bond donors (Lipinski definition) is 1. The fourth-order valence-electron chi connectivity index (χ4n) is 2.46. The topological polar surface area (TPSA) is 51.1 Å². The largest absolute Gasteiger partial charge is 0.346 e. The van der Waals surface area contributed by atoms with Crippen molar-refractivity contribution in [3.8, 4) is 0 Å². The third-order valence-corrected chi connectivity index (χ3v) is 5.91. The lowest BCUT2D eigenvalue weighted by Gasteiger charge is -2.12. The van der Waals surface area contributed by atoms with E-state index >= 15 is 0 Å². The van der Waals surface area contributed by atoms with E-state index in [0.717, 1.165) is 11.3 Å². The van der Waals surface area contributed by atoms with E-state index in [4.69, 9.17) is 23.2 Å². The van der Waals surface area contributed by atoms with Crippen LogP contribution in [-0.2, 0) is 23.1 Å². The Balaban J connectivity index is 1.73. The number of sulfonamides is 1. The SMILES string of the molecule is O=S(=O)(NCc1cccn1Cc1ccc(Cl)cc1)c1ccccc1Cl. The first-order valence-electron chi connectivity index (χ1n) is 7.58. The van der Waals surface area contributed by atoms with Crippen LogP contribution in [0.1, 0.15) is 11.3 Å². The summed E-state index contributed by atoms with van der Waals surface area (Å²) in [6.45, 7) is 0.807. The molecule has 1 heterocycles. The average molecular weight is 395 g/mol. The second-order valence-corrected chi connectivity index (χ2v) is 8.09. The molecular formula is C18H16Cl2N2O2S. The lowest BCUT2D eigenvalue weighted by atomic mass is 10.2. The molecule has 0 saturated heterocycles. The highest BCUT2D eigenvalue weighted by Gasteiger charge is 2.17. The van der Waals surface area contributed by atoms with Crippen molar-refractivity contribution < 1.29 is 8.42 Å². The first kappa shape index (κ1) is 18.0. The molecule has 25 heavy (non-hydrogen) atoms. The van der Waals surface area contributed by atoms with Crippen molar-refractivity contribution in [3.63, 3.8) is 0 Å². The molecule has 0 aliphatic carbocycles. The lowest BCUT2D eigenvalue weighted by molar-refractivity contribution is 0.578. The quantitative estimate of drug-likeness (QED) is 0.676. The smallest absolute Gasteiger partial charge is 0.242 e. The molecule has 1 N–H and O–H groups in total. The Morgan fingerprint density at radius 3 is 2.36 bits per heavy atom. The molecule has 7 heteroatoms. The summed E-state index contributed by atoms with van der Waals surface area (Å²) in [6.07, 6.45) is 1.91. The molecule has 4 nitrogen and oxygen atoms in total. The van der Waals surface area contributed by atoms with Gasteiger partial charge in [0.05, 0.1) is 11.6 Å². The van der Waals surface area contributed by atoms with Gasteiger partial charge in [-0.3, -0.25) is 0 Å². The molecule has 3 rings (SSSR count). The van der Waals surface area contributed by atoms with E-state index in [2.05, 4.69) is 4.72 Å². The summed E-state index contributed by atoms with van der Waals surface area (Å²) in [7, 11) is -3.67. The van der Waals surface area contributed by atoms with Crippen LogP contribution >= 0.6 is 23.2 Å². The maximum Gasteiger partial charge on any atom is 0.242 e. The second kappa shape index (κ2) is 7.62. The molecule has 0 radical (unpaired) electrons. The van der Waals surface area contributed by atoms with E-state index in [1.54, 1.807) is 18.2 Å². The number of hydrogen-bond acceptors (Lipinski definition) is 2. The first-order valence-corrected chi connectivity index (χ1v) is 9.82. The van der Waals surface area contributed by atoms with Gasteiger partial charge in [-0.2, -0.15) is 0 Å². The molecule has 0 aliphatic heterocycles. The highest BCUT2D eigenvalue weighted by molar-refractivity contribution is 7.89. The van der Waals surface area contributed by atoms with Gasteiger partial charge in [-0.15, -0.1) is 0 Å². The zero-order valence-electron chi connectivity index (χ0n) is 13.2. The van der Waals surface area contributed by atoms with Crippen LogP contribution in [0.2, 0.25) is 10.0 Å². The zero-order valence-corrected chi connectivity index (χ0v) is 15.5. The van der Waals surface area contributed by atoms with Gasteiger partial charge in [0.2, 0.25) is 10.0 Å². The normalized spacial score (nSPS) is 11.6. The van der Waals surface area contributed by atoms with Crippen LogP contribution in [0.3, 0.4) is 0 Å². The molecule has 0 spiro atoms. The van der Waals surface area contributed by atoms with Crippen LogP contribution in [0.15, 0.2) is 71.8 Å². The Morgan fingerprint density at radius 1 is 0.920 bits per heavy atom. The molecule has 0 aliphatic rings. The molecule has 3 aromatic rings. The molecule has 0 fully saturated rings. The van der Waals surface area contributed by atoms with Gasteiger partial charge < -0.3 is 4.57 Å². The number of nitrogens with one attached hydrogen (secondary N) is 1. The summed E-state index contributed by atoms with van der Waals surface area (Å²) < 4.78 is 29.5. The Kier molecular flexibility index (Phi) is 5.49. The summed E-state index contributed by atoms with van der Waals surface area (Å²) in [6, 6.07) is 17.7. The average Bonchev–Trinajstić information content (AvgIpc) is 3.02. The summed E-state index contributed by atoms with van der Waals surface area (Å²) in [5.41, 5.74) is 1.93. The minimum absolute atomic E-state index is 0.0764. The molecule has 1 aromatic heterocycles. The molecule has 0 atom stereocenters. The summed E-state index contributed by atoms with van der Waals surface area (Å²) in [5.74, 6) is 0. The lowest BCUT2D eigenvalue weighted by Crippen LogP contribution is -2.25. The first-order chi connectivity index (χ1) is 12.0. The van der Waals surface area contributed by atoms with E-state index in [9.17, 15) is 8.42 Å². The van der Waals surface area contributed by atoms with E-state index in [1.807, 2.05) is 47.2 Å². The molecule has 2 aromatic carbocycles. The zero-order chi connectivity index (χ0) is 17.9. The number of nitrogens with zero attached hydrogens (tertiary/aromatic N) is 1. The van der Waals surface area contributed by atoms with E-state index < -0.39 is 10.0 Å². The van der Waals surface area contributed by atoms with Gasteiger partial charge in [-0.05, 0) is 42.0 Å². The van der Waals surface area contributed by atoms with Gasteiger partial charge in [0.1, 0.15) is 4.90 Å². The van der Waals surface area contributed by atoms with Gasteiger partial charge in [0.25, 0.3) is 0 Å². The minimum atomic E-state index is -3.67. The van der Waals surface area contributed by atoms with E-state index in [0.29, 0.717) is 11.6 Å². The van der Waals surface area contributed by atoms with Crippen molar-refractivity contribution >= 4 is 33.2 Å². The number of halogens is 2. The Hall–Kier alpha value is -1.79. The van der Waals surface area contributed by atoms with Crippen LogP contribution in [0, 0.1) is 0 Å². The van der Waals surface area contributed by atoms with E-state index in [1.165, 1.54) is 6.07 Å². The van der Waals surface area contributed by atoms with Crippen molar-refractivity contribution in [1.29, 1.82) is 0 Å². The van der Waals surface area contributed by atoms with Crippen molar-refractivity contribution in [1.82, 2.24) is 9.29 Å². The third-order valence-electron chi connectivity index (χ3n) is 3.76. The Labute approximate surface area is 157 Å². The highest BCUT2D eigenvalue weighted by atomic mass is 35.5. The van der Waals surface area contributed by atoms with Crippen molar-refractivity contribution in [2.75, 3.05) is 0 Å². The maximum atomic E-state index is 12.4. The number of benzene rings is 2. The number of aromatic nitrogens is 1. The third kappa shape index (κ3) is 4.44. The molecule has 0 unspecified atom stereocenters. The predicted molar refractivity (Wildman–Crippen MR) is 100 cm³/mol. The van der Waals surface area contributed by atoms with Crippen molar-refractivity contribution in [2.24, 2.45) is 0 Å². The van der Waals surface area contributed by atoms with Crippen molar-refractivity contribution in [3.05, 3.63) is 88.2 Å². The van der Waals surface area contributed by atoms with Gasteiger partial charge in [0, 0.05) is 23.5 Å². The molecular weight excluding hydrogens is 379 g/mol. The number of rotatable bonds is 6. The summed E-state index contributed by atoms with van der Waals surface area (Å²) in [4.78, 5) is 0.0764. The van der Waals surface area contributed by atoms with Crippen LogP contribution in [-0.4, -0.2) is 13.0 Å². The van der Waals surface area contributed by atoms with Gasteiger partial charge in [-0.1, -0.05) is 47.5 Å². The second-order valence-electron chi connectivity index (χ2n) is 5.51. The Morgan fingerprint density at radius 2 is 1.64 bits per heavy atom. The molecule has 130 valence electrons. The molecule has 0 bridgehead atoms. The van der Waals surface area contributed by atoms with Crippen molar-refractivity contribution in [2.45, 2.75) is 18.0 Å². The molecule has 0 amide bonds. The van der Waals surface area contributed by atoms with Crippen LogP contribution in [0.4, 0.5) is 0 Å². The summed E-state index contributed by atoms with van der Waals surface area (Å²) >= 11 is 11.9. The van der Waals surface area contributed by atoms with Crippen LogP contribution < -0.4 is 4.72 Å². The maximum absolute atomic E-state index is 12.4. The van der Waals surface area contributed by atoms with Gasteiger partial charge >= 0.3 is 0 Å². The highest BCUT2D eigenvalue weighted by Crippen LogP contribution is 2.20. The summed E-state index contributed by atoms with van der Waals surface area (Å²) in [5, 5.41) is 0.885. The minimum Gasteiger partial charge on any atom is -0.346 e. The Bertz CT molecular complexity index is 967. The standard InChI is InChI=1S/C18H16Cl2N2O2S/c19-15-9-7-14(8-10-15)13-22-11-3-4-16(22)12-21-25(23,24)18-6-2-1-5-17(18)20/h1-11,21H,12-13H2. The van der Waals surface area contributed by atoms with Gasteiger partial charge in [-0.25, -0.2) is 13.1 Å². The fourth-order valence-corrected chi connectivity index (χ4v) is 4.10. The monoisotopic (exact) mass is 394 g/mol.